The van der Waals surface area contributed by atoms with Gasteiger partial charge >= 0.3 is 0 Å². The van der Waals surface area contributed by atoms with Gasteiger partial charge in [-0.2, -0.15) is 0 Å². The summed E-state index contributed by atoms with van der Waals surface area (Å²) in [6, 6.07) is 6.05. The fraction of sp³-hybridized carbons (Fsp3) is 0.455. The van der Waals surface area contributed by atoms with E-state index in [1.165, 1.54) is 6.42 Å². The summed E-state index contributed by atoms with van der Waals surface area (Å²) < 4.78 is 0. The largest absolute Gasteiger partial charge is 0.392 e. The molecule has 1 saturated heterocycles. The Balaban J connectivity index is 2.33. The van der Waals surface area contributed by atoms with E-state index in [-0.39, 0.29) is 6.61 Å². The molecule has 1 aromatic rings. The van der Waals surface area contributed by atoms with Crippen LogP contribution in [0.25, 0.3) is 0 Å². The second kappa shape index (κ2) is 4.30. The molecule has 0 aromatic heterocycles. The Morgan fingerprint density at radius 3 is 3.00 bits per heavy atom. The van der Waals surface area contributed by atoms with Crippen LogP contribution in [0.15, 0.2) is 18.2 Å². The molecule has 1 aliphatic rings. The molecule has 0 bridgehead atoms. The van der Waals surface area contributed by atoms with Crippen molar-refractivity contribution in [2.75, 3.05) is 6.54 Å². The van der Waals surface area contributed by atoms with Crippen LogP contribution in [0.3, 0.4) is 0 Å². The maximum atomic E-state index is 9.20. The van der Waals surface area contributed by atoms with Gasteiger partial charge in [-0.1, -0.05) is 17.7 Å². The summed E-state index contributed by atoms with van der Waals surface area (Å²) in [5.74, 6) is 0. The molecule has 2 N–H and O–H groups in total. The first-order valence-electron chi connectivity index (χ1n) is 4.94. The topological polar surface area (TPSA) is 32.3 Å². The summed E-state index contributed by atoms with van der Waals surface area (Å²) in [6.07, 6.45) is 2.33. The lowest BCUT2D eigenvalue weighted by atomic mass is 10.00. The quantitative estimate of drug-likeness (QED) is 0.787. The highest BCUT2D eigenvalue weighted by Gasteiger charge is 2.18. The van der Waals surface area contributed by atoms with Gasteiger partial charge in [0.1, 0.15) is 0 Å². The van der Waals surface area contributed by atoms with Gasteiger partial charge in [0.15, 0.2) is 0 Å². The molecule has 14 heavy (non-hydrogen) atoms. The number of rotatable bonds is 2. The van der Waals surface area contributed by atoms with Gasteiger partial charge in [-0.05, 0) is 42.6 Å². The molecular weight excluding hydrogens is 198 g/mol. The van der Waals surface area contributed by atoms with Gasteiger partial charge in [-0.25, -0.2) is 0 Å². The van der Waals surface area contributed by atoms with Crippen LogP contribution in [0.4, 0.5) is 0 Å². The third-order valence-corrected chi connectivity index (χ3v) is 2.95. The van der Waals surface area contributed by atoms with Crippen LogP contribution in [0.1, 0.15) is 30.0 Å². The van der Waals surface area contributed by atoms with Gasteiger partial charge < -0.3 is 10.4 Å². The van der Waals surface area contributed by atoms with E-state index in [1.54, 1.807) is 0 Å². The van der Waals surface area contributed by atoms with Crippen molar-refractivity contribution < 1.29 is 5.11 Å². The molecule has 1 fully saturated rings. The molecule has 0 spiro atoms. The fourth-order valence-corrected chi connectivity index (χ4v) is 2.16. The van der Waals surface area contributed by atoms with Crippen LogP contribution in [0.5, 0.6) is 0 Å². The van der Waals surface area contributed by atoms with Crippen LogP contribution in [-0.2, 0) is 6.61 Å². The smallest absolute Gasteiger partial charge is 0.0685 e. The second-order valence-corrected chi connectivity index (χ2v) is 4.09. The Labute approximate surface area is 88.9 Å². The predicted molar refractivity (Wildman–Crippen MR) is 57.4 cm³/mol. The van der Waals surface area contributed by atoms with Crippen molar-refractivity contribution in [3.05, 3.63) is 34.3 Å². The van der Waals surface area contributed by atoms with Gasteiger partial charge in [0.25, 0.3) is 0 Å². The zero-order valence-electron chi connectivity index (χ0n) is 7.96. The summed E-state index contributed by atoms with van der Waals surface area (Å²) >= 11 is 5.94. The third-order valence-electron chi connectivity index (χ3n) is 2.71. The van der Waals surface area contributed by atoms with Gasteiger partial charge in [0.05, 0.1) is 6.61 Å². The number of halogens is 1. The molecule has 1 aromatic carbocycles. The van der Waals surface area contributed by atoms with Crippen molar-refractivity contribution in [2.45, 2.75) is 25.5 Å². The van der Waals surface area contributed by atoms with E-state index in [1.807, 2.05) is 18.2 Å². The standard InChI is InChI=1S/C11H14ClNO/c12-9-4-3-8(7-14)10(6-9)11-2-1-5-13-11/h3-4,6,11,13-14H,1-2,5,7H2/t11-/m1/s1. The van der Waals surface area contributed by atoms with Crippen molar-refractivity contribution >= 4 is 11.6 Å². The Morgan fingerprint density at radius 1 is 1.50 bits per heavy atom. The van der Waals surface area contributed by atoms with E-state index >= 15 is 0 Å². The fourth-order valence-electron chi connectivity index (χ4n) is 1.98. The predicted octanol–water partition coefficient (Wildman–Crippen LogP) is 2.26. The number of hydrogen-bond donors (Lipinski definition) is 2. The first-order valence-corrected chi connectivity index (χ1v) is 5.31. The molecule has 2 nitrogen and oxygen atoms in total. The van der Waals surface area contributed by atoms with Crippen molar-refractivity contribution in [3.63, 3.8) is 0 Å². The summed E-state index contributed by atoms with van der Waals surface area (Å²) in [7, 11) is 0. The molecule has 0 saturated carbocycles. The molecule has 1 atom stereocenters. The average Bonchev–Trinajstić information content (AvgIpc) is 2.70. The molecule has 0 radical (unpaired) electrons. The van der Waals surface area contributed by atoms with E-state index in [0.717, 1.165) is 29.1 Å². The zero-order valence-corrected chi connectivity index (χ0v) is 8.72. The lowest BCUT2D eigenvalue weighted by Crippen LogP contribution is -2.14. The molecule has 2 rings (SSSR count). The Bertz CT molecular complexity index is 321. The first-order chi connectivity index (χ1) is 6.81. The van der Waals surface area contributed by atoms with E-state index in [9.17, 15) is 5.11 Å². The minimum Gasteiger partial charge on any atom is -0.392 e. The lowest BCUT2D eigenvalue weighted by molar-refractivity contribution is 0.279. The Kier molecular flexibility index (Phi) is 3.06. The highest BCUT2D eigenvalue weighted by molar-refractivity contribution is 6.30. The first kappa shape index (κ1) is 9.97. The highest BCUT2D eigenvalue weighted by Crippen LogP contribution is 2.28. The Morgan fingerprint density at radius 2 is 2.36 bits per heavy atom. The van der Waals surface area contributed by atoms with E-state index in [2.05, 4.69) is 5.32 Å². The molecule has 3 heteroatoms. The maximum absolute atomic E-state index is 9.20. The van der Waals surface area contributed by atoms with E-state index in [4.69, 9.17) is 11.6 Å². The number of hydrogen-bond acceptors (Lipinski definition) is 2. The van der Waals surface area contributed by atoms with Crippen molar-refractivity contribution in [3.8, 4) is 0 Å². The monoisotopic (exact) mass is 211 g/mol. The molecule has 76 valence electrons. The van der Waals surface area contributed by atoms with Gasteiger partial charge in [-0.3, -0.25) is 0 Å². The van der Waals surface area contributed by atoms with Gasteiger partial charge in [0, 0.05) is 11.1 Å². The highest BCUT2D eigenvalue weighted by atomic mass is 35.5. The maximum Gasteiger partial charge on any atom is 0.0685 e. The molecule has 0 aliphatic carbocycles. The lowest BCUT2D eigenvalue weighted by Gasteiger charge is -2.14. The Hall–Kier alpha value is -0.570. The minimum atomic E-state index is 0.0880. The molecule has 0 unspecified atom stereocenters. The van der Waals surface area contributed by atoms with Crippen LogP contribution in [0.2, 0.25) is 5.02 Å². The average molecular weight is 212 g/mol. The van der Waals surface area contributed by atoms with Crippen LogP contribution < -0.4 is 5.32 Å². The minimum absolute atomic E-state index is 0.0880. The van der Waals surface area contributed by atoms with Crippen LogP contribution in [-0.4, -0.2) is 11.7 Å². The van der Waals surface area contributed by atoms with Crippen LogP contribution in [0, 0.1) is 0 Å². The number of aliphatic hydroxyl groups excluding tert-OH is 1. The zero-order chi connectivity index (χ0) is 9.97. The van der Waals surface area contributed by atoms with E-state index in [0.29, 0.717) is 6.04 Å². The molecule has 1 aliphatic heterocycles. The number of benzene rings is 1. The molecular formula is C11H14ClNO. The number of aliphatic hydroxyl groups is 1. The van der Waals surface area contributed by atoms with E-state index < -0.39 is 0 Å². The van der Waals surface area contributed by atoms with Crippen molar-refractivity contribution in [2.24, 2.45) is 0 Å². The second-order valence-electron chi connectivity index (χ2n) is 3.65. The molecule has 0 amide bonds. The summed E-state index contributed by atoms with van der Waals surface area (Å²) in [5.41, 5.74) is 2.13. The van der Waals surface area contributed by atoms with Gasteiger partial charge in [0.2, 0.25) is 0 Å². The number of nitrogens with one attached hydrogen (secondary N) is 1. The summed E-state index contributed by atoms with van der Waals surface area (Å²) in [6.45, 7) is 1.15. The van der Waals surface area contributed by atoms with Crippen molar-refractivity contribution in [1.29, 1.82) is 0 Å². The summed E-state index contributed by atoms with van der Waals surface area (Å²) in [5, 5.41) is 13.3. The van der Waals surface area contributed by atoms with Crippen LogP contribution >= 0.6 is 11.6 Å². The normalized spacial score (nSPS) is 21.4. The SMILES string of the molecule is OCc1ccc(Cl)cc1[C@H]1CCCN1. The van der Waals surface area contributed by atoms with Gasteiger partial charge in [-0.15, -0.1) is 0 Å². The third kappa shape index (κ3) is 1.92. The summed E-state index contributed by atoms with van der Waals surface area (Å²) in [4.78, 5) is 0. The molecule has 1 heterocycles. The van der Waals surface area contributed by atoms with Crippen molar-refractivity contribution in [1.82, 2.24) is 5.32 Å².